The second kappa shape index (κ2) is 8.51. The molecule has 1 aliphatic heterocycles. The molecule has 124 valence electrons. The van der Waals surface area contributed by atoms with E-state index in [4.69, 9.17) is 23.2 Å². The Balaban J connectivity index is 1.84. The maximum atomic E-state index is 10.4. The highest BCUT2D eigenvalue weighted by atomic mass is 35.5. The minimum Gasteiger partial charge on any atom is -0.387 e. The largest absolute Gasteiger partial charge is 0.387 e. The zero-order valence-corrected chi connectivity index (χ0v) is 14.9. The van der Waals surface area contributed by atoms with Gasteiger partial charge in [-0.15, -0.1) is 0 Å². The van der Waals surface area contributed by atoms with Crippen LogP contribution >= 0.6 is 23.2 Å². The van der Waals surface area contributed by atoms with E-state index in [1.807, 2.05) is 6.07 Å². The third-order valence-corrected chi connectivity index (χ3v) is 4.86. The Bertz CT molecular complexity index is 484. The molecular weight excluding hydrogens is 319 g/mol. The summed E-state index contributed by atoms with van der Waals surface area (Å²) >= 11 is 12.1. The number of benzene rings is 1. The molecule has 1 aliphatic rings. The lowest BCUT2D eigenvalue weighted by atomic mass is 10.1. The summed E-state index contributed by atoms with van der Waals surface area (Å²) < 4.78 is 0. The van der Waals surface area contributed by atoms with Crippen molar-refractivity contribution in [2.45, 2.75) is 25.9 Å². The Kier molecular flexibility index (Phi) is 6.97. The maximum Gasteiger partial charge on any atom is 0.0931 e. The molecule has 0 radical (unpaired) electrons. The van der Waals surface area contributed by atoms with Gasteiger partial charge in [0, 0.05) is 35.2 Å². The molecule has 1 N–H and O–H groups in total. The Labute approximate surface area is 143 Å². The minimum absolute atomic E-state index is 0.540. The zero-order valence-electron chi connectivity index (χ0n) is 13.4. The van der Waals surface area contributed by atoms with Crippen molar-refractivity contribution in [3.8, 4) is 0 Å². The van der Waals surface area contributed by atoms with Crippen molar-refractivity contribution in [2.75, 3.05) is 39.8 Å². The highest BCUT2D eigenvalue weighted by Crippen LogP contribution is 2.28. The van der Waals surface area contributed by atoms with Crippen molar-refractivity contribution >= 4 is 23.2 Å². The highest BCUT2D eigenvalue weighted by molar-refractivity contribution is 6.35. The molecule has 3 nitrogen and oxygen atoms in total. The van der Waals surface area contributed by atoms with E-state index in [1.165, 1.54) is 12.8 Å². The normalized spacial score (nSPS) is 20.7. The van der Waals surface area contributed by atoms with Crippen LogP contribution in [0.25, 0.3) is 0 Å². The fourth-order valence-electron chi connectivity index (χ4n) is 3.26. The molecule has 22 heavy (non-hydrogen) atoms. The molecule has 2 atom stereocenters. The second-order valence-electron chi connectivity index (χ2n) is 6.36. The smallest absolute Gasteiger partial charge is 0.0931 e. The van der Waals surface area contributed by atoms with Gasteiger partial charge in [0.05, 0.1) is 6.10 Å². The van der Waals surface area contributed by atoms with E-state index in [-0.39, 0.29) is 0 Å². The minimum atomic E-state index is -0.558. The average Bonchev–Trinajstić information content (AvgIpc) is 2.85. The molecule has 0 aromatic heterocycles. The van der Waals surface area contributed by atoms with Crippen LogP contribution in [-0.4, -0.2) is 54.7 Å². The lowest BCUT2D eigenvalue weighted by Gasteiger charge is -2.23. The third-order valence-electron chi connectivity index (χ3n) is 4.30. The molecule has 2 rings (SSSR count). The van der Waals surface area contributed by atoms with E-state index in [0.717, 1.165) is 31.7 Å². The Hall–Kier alpha value is -0.320. The lowest BCUT2D eigenvalue weighted by Crippen LogP contribution is -2.30. The Morgan fingerprint density at radius 2 is 2.18 bits per heavy atom. The number of aliphatic hydroxyl groups excluding tert-OH is 1. The summed E-state index contributed by atoms with van der Waals surface area (Å²) in [4.78, 5) is 4.74. The molecular formula is C17H26Cl2N2O. The molecule has 1 aromatic rings. The third kappa shape index (κ3) is 5.10. The summed E-state index contributed by atoms with van der Waals surface area (Å²) in [7, 11) is 2.19. The molecule has 1 saturated heterocycles. The summed E-state index contributed by atoms with van der Waals surface area (Å²) in [5.74, 6) is 0.699. The van der Waals surface area contributed by atoms with Crippen LogP contribution in [0, 0.1) is 5.92 Å². The fourth-order valence-corrected chi connectivity index (χ4v) is 3.79. The highest BCUT2D eigenvalue weighted by Gasteiger charge is 2.25. The maximum absolute atomic E-state index is 10.4. The molecule has 0 amide bonds. The van der Waals surface area contributed by atoms with Crippen LogP contribution in [0.1, 0.15) is 31.4 Å². The summed E-state index contributed by atoms with van der Waals surface area (Å²) in [6.45, 7) is 7.24. The molecule has 1 heterocycles. The van der Waals surface area contributed by atoms with Crippen molar-refractivity contribution in [1.82, 2.24) is 9.80 Å². The number of nitrogens with zero attached hydrogens (tertiary/aromatic N) is 2. The van der Waals surface area contributed by atoms with Gasteiger partial charge < -0.3 is 14.9 Å². The van der Waals surface area contributed by atoms with Crippen LogP contribution in [0.5, 0.6) is 0 Å². The second-order valence-corrected chi connectivity index (χ2v) is 7.20. The van der Waals surface area contributed by atoms with Crippen molar-refractivity contribution < 1.29 is 5.11 Å². The average molecular weight is 345 g/mol. The number of hydrogen-bond donors (Lipinski definition) is 1. The van der Waals surface area contributed by atoms with E-state index >= 15 is 0 Å². The predicted octanol–water partition coefficient (Wildman–Crippen LogP) is 3.69. The summed E-state index contributed by atoms with van der Waals surface area (Å²) in [6.07, 6.45) is 1.84. The number of rotatable bonds is 7. The number of aliphatic hydroxyl groups is 1. The molecule has 0 spiro atoms. The van der Waals surface area contributed by atoms with Gasteiger partial charge in [-0.2, -0.15) is 0 Å². The first-order chi connectivity index (χ1) is 10.5. The van der Waals surface area contributed by atoms with E-state index in [9.17, 15) is 5.11 Å². The van der Waals surface area contributed by atoms with Crippen LogP contribution in [-0.2, 0) is 0 Å². The van der Waals surface area contributed by atoms with Gasteiger partial charge in [-0.1, -0.05) is 36.2 Å². The van der Waals surface area contributed by atoms with E-state index in [2.05, 4.69) is 23.8 Å². The Morgan fingerprint density at radius 1 is 1.41 bits per heavy atom. The van der Waals surface area contributed by atoms with Crippen molar-refractivity contribution in [3.63, 3.8) is 0 Å². The lowest BCUT2D eigenvalue weighted by molar-refractivity contribution is 0.123. The first-order valence-corrected chi connectivity index (χ1v) is 8.79. The first-order valence-electron chi connectivity index (χ1n) is 8.03. The van der Waals surface area contributed by atoms with Gasteiger partial charge in [-0.05, 0) is 51.0 Å². The molecule has 5 heteroatoms. The monoisotopic (exact) mass is 344 g/mol. The van der Waals surface area contributed by atoms with Crippen LogP contribution in [0.3, 0.4) is 0 Å². The topological polar surface area (TPSA) is 26.7 Å². The number of hydrogen-bond acceptors (Lipinski definition) is 3. The van der Waals surface area contributed by atoms with Gasteiger partial charge in [0.1, 0.15) is 0 Å². The van der Waals surface area contributed by atoms with Gasteiger partial charge in [-0.25, -0.2) is 0 Å². The molecule has 0 bridgehead atoms. The summed E-state index contributed by atoms with van der Waals surface area (Å²) in [6, 6.07) is 5.28. The Morgan fingerprint density at radius 3 is 2.86 bits per heavy atom. The van der Waals surface area contributed by atoms with E-state index in [0.29, 0.717) is 22.5 Å². The number of halogens is 2. The van der Waals surface area contributed by atoms with Gasteiger partial charge in [0.25, 0.3) is 0 Å². The van der Waals surface area contributed by atoms with Crippen molar-refractivity contribution in [2.24, 2.45) is 5.92 Å². The van der Waals surface area contributed by atoms with Crippen LogP contribution < -0.4 is 0 Å². The van der Waals surface area contributed by atoms with Crippen molar-refractivity contribution in [3.05, 3.63) is 33.8 Å². The SMILES string of the molecule is CCCN(C)CC1CCN(CC(O)c2ccc(Cl)cc2Cl)C1. The molecule has 1 aromatic carbocycles. The van der Waals surface area contributed by atoms with E-state index < -0.39 is 6.10 Å². The zero-order chi connectivity index (χ0) is 16.1. The molecule has 1 fully saturated rings. The molecule has 0 saturated carbocycles. The van der Waals surface area contributed by atoms with Crippen LogP contribution in [0.2, 0.25) is 10.0 Å². The first kappa shape index (κ1) is 18.0. The summed E-state index contributed by atoms with van der Waals surface area (Å²) in [5.41, 5.74) is 0.762. The van der Waals surface area contributed by atoms with Gasteiger partial charge in [0.15, 0.2) is 0 Å². The summed E-state index contributed by atoms with van der Waals surface area (Å²) in [5, 5.41) is 11.6. The van der Waals surface area contributed by atoms with Gasteiger partial charge in [0.2, 0.25) is 0 Å². The standard InChI is InChI=1S/C17H26Cl2N2O/c1-3-7-20(2)10-13-6-8-21(11-13)12-17(22)15-5-4-14(18)9-16(15)19/h4-5,9,13,17,22H,3,6-8,10-12H2,1-2H3. The molecule has 2 unspecified atom stereocenters. The quantitative estimate of drug-likeness (QED) is 0.816. The van der Waals surface area contributed by atoms with E-state index in [1.54, 1.807) is 12.1 Å². The van der Waals surface area contributed by atoms with Crippen molar-refractivity contribution in [1.29, 1.82) is 0 Å². The van der Waals surface area contributed by atoms with Gasteiger partial charge >= 0.3 is 0 Å². The fraction of sp³-hybridized carbons (Fsp3) is 0.647. The van der Waals surface area contributed by atoms with Crippen LogP contribution in [0.4, 0.5) is 0 Å². The predicted molar refractivity (Wildman–Crippen MR) is 93.8 cm³/mol. The van der Waals surface area contributed by atoms with Gasteiger partial charge in [-0.3, -0.25) is 0 Å². The number of β-amino-alcohol motifs (C(OH)–C–C–N with tert-alkyl or cyclic N) is 1. The number of likely N-dealkylation sites (tertiary alicyclic amines) is 1. The van der Waals surface area contributed by atoms with Crippen LogP contribution in [0.15, 0.2) is 18.2 Å². The molecule has 0 aliphatic carbocycles.